The summed E-state index contributed by atoms with van der Waals surface area (Å²) in [7, 11) is -4.25. The Morgan fingerprint density at radius 2 is 1.69 bits per heavy atom. The van der Waals surface area contributed by atoms with E-state index in [1.807, 2.05) is 4.72 Å². The van der Waals surface area contributed by atoms with E-state index in [0.717, 1.165) is 0 Å². The minimum absolute atomic E-state index is 0.0469. The summed E-state index contributed by atoms with van der Waals surface area (Å²) in [6.45, 7) is 1.76. The summed E-state index contributed by atoms with van der Waals surface area (Å²) in [4.78, 5) is 28.6. The van der Waals surface area contributed by atoms with Gasteiger partial charge in [0.25, 0.3) is 0 Å². The van der Waals surface area contributed by atoms with Gasteiger partial charge < -0.3 is 27.0 Å². The Kier molecular flexibility index (Phi) is 8.29. The number of aliphatic carboxylic acids is 1. The largest absolute Gasteiger partial charge is 0.480 e. The minimum atomic E-state index is -4.25. The SMILES string of the molecule is CCC(N=C(N)N)Oc1ccccc1C(=O)C(N)C(NS(=O)(=O)c1ccccc1)C(=O)O. The van der Waals surface area contributed by atoms with Crippen molar-refractivity contribution in [2.24, 2.45) is 22.2 Å². The number of ketones is 1. The molecule has 0 aliphatic heterocycles. The summed E-state index contributed by atoms with van der Waals surface area (Å²) in [6, 6.07) is 9.40. The maximum absolute atomic E-state index is 13.0. The molecule has 0 saturated heterocycles. The number of sulfonamides is 1. The molecule has 32 heavy (non-hydrogen) atoms. The summed E-state index contributed by atoms with van der Waals surface area (Å²) in [5, 5.41) is 9.57. The average Bonchev–Trinajstić information content (AvgIpc) is 2.76. The van der Waals surface area contributed by atoms with E-state index >= 15 is 0 Å². The summed E-state index contributed by atoms with van der Waals surface area (Å²) >= 11 is 0. The lowest BCUT2D eigenvalue weighted by atomic mass is 9.98. The number of Topliss-reactive ketones (excluding diaryl/α,β-unsaturated/α-hetero) is 1. The van der Waals surface area contributed by atoms with Crippen LogP contribution in [0.1, 0.15) is 23.7 Å². The fraction of sp³-hybridized carbons (Fsp3) is 0.250. The van der Waals surface area contributed by atoms with Gasteiger partial charge in [-0.3, -0.25) is 9.59 Å². The van der Waals surface area contributed by atoms with Crippen molar-refractivity contribution in [3.05, 3.63) is 60.2 Å². The number of guanidine groups is 1. The molecule has 0 amide bonds. The summed E-state index contributed by atoms with van der Waals surface area (Å²) in [5.74, 6) is -2.60. The van der Waals surface area contributed by atoms with Crippen LogP contribution in [0.2, 0.25) is 0 Å². The van der Waals surface area contributed by atoms with Gasteiger partial charge in [-0.2, -0.15) is 4.72 Å². The van der Waals surface area contributed by atoms with Crippen molar-refractivity contribution in [1.82, 2.24) is 4.72 Å². The van der Waals surface area contributed by atoms with E-state index in [-0.39, 0.29) is 22.2 Å². The Labute approximate surface area is 185 Å². The quantitative estimate of drug-likeness (QED) is 0.173. The molecule has 0 fully saturated rings. The highest BCUT2D eigenvalue weighted by atomic mass is 32.2. The second kappa shape index (κ2) is 10.7. The molecule has 0 bridgehead atoms. The third kappa shape index (κ3) is 6.26. The number of carboxylic acid groups (broad SMARTS) is 1. The first-order valence-electron chi connectivity index (χ1n) is 9.51. The van der Waals surface area contributed by atoms with E-state index < -0.39 is 40.1 Å². The monoisotopic (exact) mass is 463 g/mol. The molecule has 8 N–H and O–H groups in total. The van der Waals surface area contributed by atoms with Crippen molar-refractivity contribution in [3.8, 4) is 5.75 Å². The van der Waals surface area contributed by atoms with Crippen LogP contribution in [0.4, 0.5) is 0 Å². The Bertz CT molecular complexity index is 1090. The van der Waals surface area contributed by atoms with E-state index in [1.54, 1.807) is 19.1 Å². The molecule has 3 atom stereocenters. The first kappa shape index (κ1) is 24.8. The Hall–Kier alpha value is -3.48. The van der Waals surface area contributed by atoms with Crippen molar-refractivity contribution >= 4 is 27.7 Å². The van der Waals surface area contributed by atoms with Gasteiger partial charge in [-0.15, -0.1) is 0 Å². The van der Waals surface area contributed by atoms with Gasteiger partial charge in [0.2, 0.25) is 10.0 Å². The van der Waals surface area contributed by atoms with Gasteiger partial charge in [-0.25, -0.2) is 13.4 Å². The van der Waals surface area contributed by atoms with E-state index in [9.17, 15) is 23.1 Å². The maximum Gasteiger partial charge on any atom is 0.323 e. The van der Waals surface area contributed by atoms with Gasteiger partial charge in [0.1, 0.15) is 11.8 Å². The summed E-state index contributed by atoms with van der Waals surface area (Å²) < 4.78 is 32.8. The molecule has 3 unspecified atom stereocenters. The molecular formula is C20H25N5O6S. The molecular weight excluding hydrogens is 438 g/mol. The van der Waals surface area contributed by atoms with Crippen LogP contribution in [0.25, 0.3) is 0 Å². The van der Waals surface area contributed by atoms with Crippen LogP contribution < -0.4 is 26.7 Å². The van der Waals surface area contributed by atoms with Gasteiger partial charge >= 0.3 is 5.97 Å². The number of nitrogens with two attached hydrogens (primary N) is 3. The van der Waals surface area contributed by atoms with E-state index in [1.165, 1.54) is 42.5 Å². The van der Waals surface area contributed by atoms with Crippen LogP contribution in [-0.4, -0.2) is 49.5 Å². The number of aliphatic imine (C=N–C) groups is 1. The molecule has 172 valence electrons. The molecule has 2 aromatic rings. The molecule has 0 heterocycles. The standard InChI is InChI=1S/C20H25N5O6S/c1-2-15(24-20(22)23)31-14-11-7-6-10-13(14)18(26)16(21)17(19(27)28)25-32(29,30)12-8-4-3-5-9-12/h3-11,15-17,25H,2,21H2,1H3,(H,27,28)(H4,22,23,24). The lowest BCUT2D eigenvalue weighted by Gasteiger charge is -2.22. The van der Waals surface area contributed by atoms with Gasteiger partial charge in [0, 0.05) is 6.42 Å². The molecule has 12 heteroatoms. The van der Waals surface area contributed by atoms with Crippen molar-refractivity contribution in [1.29, 1.82) is 0 Å². The van der Waals surface area contributed by atoms with Crippen molar-refractivity contribution in [2.75, 3.05) is 0 Å². The fourth-order valence-corrected chi connectivity index (χ4v) is 3.96. The van der Waals surface area contributed by atoms with Gasteiger partial charge in [-0.05, 0) is 24.3 Å². The molecule has 0 spiro atoms. The first-order valence-corrected chi connectivity index (χ1v) is 11.0. The number of nitrogens with zero attached hydrogens (tertiary/aromatic N) is 1. The molecule has 0 aromatic heterocycles. The van der Waals surface area contributed by atoms with Crippen LogP contribution >= 0.6 is 0 Å². The normalized spacial score (nSPS) is 14.1. The van der Waals surface area contributed by atoms with Crippen molar-refractivity contribution in [2.45, 2.75) is 36.6 Å². The smallest absolute Gasteiger partial charge is 0.323 e. The number of carbonyl (C=O) groups is 2. The van der Waals surface area contributed by atoms with E-state index in [2.05, 4.69) is 4.99 Å². The third-order valence-corrected chi connectivity index (χ3v) is 5.78. The lowest BCUT2D eigenvalue weighted by molar-refractivity contribution is -0.139. The van der Waals surface area contributed by atoms with Gasteiger partial charge in [-0.1, -0.05) is 37.3 Å². The topological polar surface area (TPSA) is 200 Å². The molecule has 0 saturated carbocycles. The Morgan fingerprint density at radius 1 is 1.09 bits per heavy atom. The number of rotatable bonds is 11. The van der Waals surface area contributed by atoms with Crippen LogP contribution in [-0.2, 0) is 14.8 Å². The zero-order valence-electron chi connectivity index (χ0n) is 17.2. The highest BCUT2D eigenvalue weighted by Crippen LogP contribution is 2.23. The zero-order chi connectivity index (χ0) is 23.9. The van der Waals surface area contributed by atoms with Crippen LogP contribution in [0.15, 0.2) is 64.5 Å². The molecule has 0 aliphatic rings. The van der Waals surface area contributed by atoms with Crippen LogP contribution in [0.5, 0.6) is 5.75 Å². The predicted molar refractivity (Wildman–Crippen MR) is 117 cm³/mol. The number of hydrogen-bond acceptors (Lipinski definition) is 7. The van der Waals surface area contributed by atoms with Gasteiger partial charge in [0.15, 0.2) is 18.0 Å². The highest BCUT2D eigenvalue weighted by molar-refractivity contribution is 7.89. The predicted octanol–water partition coefficient (Wildman–Crippen LogP) is 0.0166. The Morgan fingerprint density at radius 3 is 2.25 bits per heavy atom. The fourth-order valence-electron chi connectivity index (χ4n) is 2.73. The van der Waals surface area contributed by atoms with Crippen LogP contribution in [0, 0.1) is 0 Å². The summed E-state index contributed by atoms with van der Waals surface area (Å²) in [5.41, 5.74) is 16.6. The molecule has 2 aromatic carbocycles. The number of ether oxygens (including phenoxy) is 1. The number of carbonyl (C=O) groups excluding carboxylic acids is 1. The molecule has 11 nitrogen and oxygen atoms in total. The molecule has 2 rings (SSSR count). The zero-order valence-corrected chi connectivity index (χ0v) is 18.0. The summed E-state index contributed by atoms with van der Waals surface area (Å²) in [6.07, 6.45) is -0.418. The molecule has 0 radical (unpaired) electrons. The second-order valence-electron chi connectivity index (χ2n) is 6.67. The first-order chi connectivity index (χ1) is 15.1. The number of hydrogen-bond donors (Lipinski definition) is 5. The lowest BCUT2D eigenvalue weighted by Crippen LogP contribution is -2.55. The highest BCUT2D eigenvalue weighted by Gasteiger charge is 2.36. The van der Waals surface area contributed by atoms with E-state index in [0.29, 0.717) is 6.42 Å². The molecule has 0 aliphatic carbocycles. The maximum atomic E-state index is 13.0. The third-order valence-electron chi connectivity index (χ3n) is 4.32. The van der Waals surface area contributed by atoms with Crippen molar-refractivity contribution < 1.29 is 27.9 Å². The second-order valence-corrected chi connectivity index (χ2v) is 8.39. The van der Waals surface area contributed by atoms with Crippen molar-refractivity contribution in [3.63, 3.8) is 0 Å². The van der Waals surface area contributed by atoms with Crippen LogP contribution in [0.3, 0.4) is 0 Å². The number of para-hydroxylation sites is 1. The minimum Gasteiger partial charge on any atom is -0.480 e. The number of carboxylic acids is 1. The number of nitrogens with one attached hydrogen (secondary N) is 1. The Balaban J connectivity index is 2.33. The van der Waals surface area contributed by atoms with E-state index in [4.69, 9.17) is 21.9 Å². The van der Waals surface area contributed by atoms with Gasteiger partial charge in [0.05, 0.1) is 16.5 Å². The average molecular weight is 464 g/mol. The number of benzene rings is 2.